The maximum atomic E-state index is 10.3. The zero-order valence-corrected chi connectivity index (χ0v) is 20.1. The van der Waals surface area contributed by atoms with Crippen LogP contribution >= 0.6 is 0 Å². The summed E-state index contributed by atoms with van der Waals surface area (Å²) in [6.45, 7) is 0. The van der Waals surface area contributed by atoms with E-state index in [0.29, 0.717) is 5.56 Å². The van der Waals surface area contributed by atoms with Crippen LogP contribution in [-0.4, -0.2) is 31.0 Å². The molecule has 4 aromatic rings. The van der Waals surface area contributed by atoms with Crippen LogP contribution in [0, 0.1) is 0 Å². The normalized spacial score (nSPS) is 11.7. The number of nitrogens with zero attached hydrogens (tertiary/aromatic N) is 2. The molecule has 0 amide bonds. The van der Waals surface area contributed by atoms with Crippen molar-refractivity contribution in [2.24, 2.45) is 0 Å². The van der Waals surface area contributed by atoms with Crippen molar-refractivity contribution in [2.75, 3.05) is 0 Å². The van der Waals surface area contributed by atoms with Crippen molar-refractivity contribution in [1.29, 1.82) is 0 Å². The Balaban J connectivity index is 0.000000204. The van der Waals surface area contributed by atoms with Crippen LogP contribution in [0.5, 0.6) is 0 Å². The molecule has 7 heteroatoms. The van der Waals surface area contributed by atoms with E-state index in [4.69, 9.17) is 5.11 Å². The van der Waals surface area contributed by atoms with Gasteiger partial charge in [0.05, 0.1) is 22.8 Å². The van der Waals surface area contributed by atoms with Crippen molar-refractivity contribution < 1.29 is 29.7 Å². The molecule has 8 bridgehead atoms. The van der Waals surface area contributed by atoms with Gasteiger partial charge in [-0.1, -0.05) is 0 Å². The number of aromatic amines is 2. The molecule has 0 spiro atoms. The molecule has 2 aliphatic heterocycles. The number of rotatable bonds is 1. The molecule has 0 aliphatic carbocycles. The number of aromatic carboxylic acids is 1. The second-order valence-electron chi connectivity index (χ2n) is 7.68. The molecule has 1 aromatic carbocycles. The molecule has 0 atom stereocenters. The molecule has 0 unspecified atom stereocenters. The summed E-state index contributed by atoms with van der Waals surface area (Å²) >= 11 is 2.11. The Bertz CT molecular complexity index is 1420. The first kappa shape index (κ1) is 21.8. The van der Waals surface area contributed by atoms with Gasteiger partial charge in [-0.05, 0) is 72.8 Å². The van der Waals surface area contributed by atoms with Gasteiger partial charge in [-0.25, -0.2) is 9.97 Å². The van der Waals surface area contributed by atoms with E-state index in [1.54, 1.807) is 24.3 Å². The van der Waals surface area contributed by atoms with Gasteiger partial charge >= 0.3 is 69.5 Å². The molecule has 3 N–H and O–H groups in total. The van der Waals surface area contributed by atoms with E-state index < -0.39 is 5.97 Å². The Morgan fingerprint density at radius 3 is 1.29 bits per heavy atom. The zero-order chi connectivity index (χ0) is 23.5. The zero-order valence-electron chi connectivity index (χ0n) is 17.8. The number of carboxylic acids is 1. The molecule has 0 saturated carbocycles. The van der Waals surface area contributed by atoms with Crippen molar-refractivity contribution in [3.63, 3.8) is 0 Å². The molecule has 2 aliphatic rings. The van der Waals surface area contributed by atoms with Crippen molar-refractivity contribution in [3.8, 4) is 0 Å². The number of hydrogen-bond donors (Lipinski definition) is 3. The summed E-state index contributed by atoms with van der Waals surface area (Å²) in [5, 5.41) is 8.47. The Kier molecular flexibility index (Phi) is 6.06. The van der Waals surface area contributed by atoms with E-state index in [1.807, 2.05) is 48.6 Å². The third-order valence-electron chi connectivity index (χ3n) is 5.11. The predicted molar refractivity (Wildman–Crippen MR) is 132 cm³/mol. The molecule has 6 nitrogen and oxygen atoms in total. The van der Waals surface area contributed by atoms with Crippen LogP contribution in [0.4, 0.5) is 0 Å². The summed E-state index contributed by atoms with van der Waals surface area (Å²) in [4.78, 5) is 26.3. The van der Waals surface area contributed by atoms with Crippen LogP contribution in [0.3, 0.4) is 0 Å². The van der Waals surface area contributed by atoms with Crippen LogP contribution < -0.4 is 3.95 Å². The molecule has 5 heterocycles. The van der Waals surface area contributed by atoms with E-state index in [0.717, 1.165) is 48.8 Å². The molecule has 6 rings (SSSR count). The summed E-state index contributed by atoms with van der Waals surface area (Å²) in [6, 6.07) is 23.1. The first-order chi connectivity index (χ1) is 16.5. The van der Waals surface area contributed by atoms with Crippen molar-refractivity contribution in [2.45, 2.75) is 0 Å². The summed E-state index contributed by atoms with van der Waals surface area (Å²) in [5.74, 6) is -0.878. The Labute approximate surface area is 206 Å². The molecule has 0 fully saturated rings. The van der Waals surface area contributed by atoms with Gasteiger partial charge in [0.15, 0.2) is 0 Å². The molecule has 3 aromatic heterocycles. The van der Waals surface area contributed by atoms with Crippen molar-refractivity contribution >= 4 is 56.3 Å². The van der Waals surface area contributed by atoms with Crippen molar-refractivity contribution in [1.82, 2.24) is 19.9 Å². The number of aromatic nitrogens is 4. The van der Waals surface area contributed by atoms with Crippen LogP contribution in [0.15, 0.2) is 72.8 Å². The number of carbonyl (C=O) groups is 1. The molecule has 169 valence electrons. The number of benzene rings is 1. The number of fused-ring (bicyclic) bond motifs is 8. The van der Waals surface area contributed by atoms with E-state index in [1.165, 1.54) is 0 Å². The van der Waals surface area contributed by atoms with Crippen molar-refractivity contribution in [3.05, 3.63) is 101 Å². The fourth-order valence-electron chi connectivity index (χ4n) is 3.53. The number of hydrogen-bond acceptors (Lipinski definition) is 3. The van der Waals surface area contributed by atoms with Gasteiger partial charge < -0.3 is 9.97 Å². The molecular formula is C27H19N4O2Pt. The second-order valence-corrected chi connectivity index (χ2v) is 8.99. The quantitative estimate of drug-likeness (QED) is 0.234. The van der Waals surface area contributed by atoms with E-state index >= 15 is 0 Å². The van der Waals surface area contributed by atoms with Gasteiger partial charge in [-0.2, -0.15) is 0 Å². The third-order valence-corrected chi connectivity index (χ3v) is 5.87. The van der Waals surface area contributed by atoms with Crippen LogP contribution in [-0.2, 0) is 19.8 Å². The van der Waals surface area contributed by atoms with Crippen LogP contribution in [0.2, 0.25) is 0 Å². The minimum atomic E-state index is -0.878. The third kappa shape index (κ3) is 5.30. The number of H-pyrrole nitrogens is 2. The fourth-order valence-corrected chi connectivity index (χ4v) is 3.90. The Hall–Kier alpha value is -4.02. The second kappa shape index (κ2) is 9.46. The Morgan fingerprint density at radius 2 is 0.971 bits per heavy atom. The monoisotopic (exact) mass is 626 g/mol. The van der Waals surface area contributed by atoms with E-state index in [-0.39, 0.29) is 0 Å². The minimum absolute atomic E-state index is 0.334. The Morgan fingerprint density at radius 1 is 0.618 bits per heavy atom. The SMILES string of the molecule is C1=Cc2cc3ccc(cc4nc(cc5ccc(cc1n2)[nH]5)C=C4)[nH]3.O=C(O)c1cc[c]([Pt])cc1. The van der Waals surface area contributed by atoms with Gasteiger partial charge in [0.2, 0.25) is 0 Å². The van der Waals surface area contributed by atoms with Gasteiger partial charge in [0.25, 0.3) is 0 Å². The van der Waals surface area contributed by atoms with E-state index in [9.17, 15) is 4.79 Å². The summed E-state index contributed by atoms with van der Waals surface area (Å²) in [6.07, 6.45) is 8.09. The van der Waals surface area contributed by atoms with Crippen LogP contribution in [0.25, 0.3) is 46.4 Å². The predicted octanol–water partition coefficient (Wildman–Crippen LogP) is 5.21. The standard InChI is InChI=1S/C20H14N4.C7H5O2.Pt/c1-2-14-10-16-5-6-18(23-16)12-20-8-7-19(24-20)11-17-4-3-15(22-17)9-13(1)21-14;8-7(9)6-4-2-1-3-5-6;/h1-12,21,24H;2-5H,(H,8,9);. The first-order valence-electron chi connectivity index (χ1n) is 10.5. The van der Waals surface area contributed by atoms with Gasteiger partial charge in [0, 0.05) is 22.1 Å². The number of carboxylic acid groups (broad SMARTS) is 1. The summed E-state index contributed by atoms with van der Waals surface area (Å²) in [5.41, 5.74) is 8.19. The molecular weight excluding hydrogens is 607 g/mol. The average molecular weight is 627 g/mol. The van der Waals surface area contributed by atoms with Gasteiger partial charge in [0.1, 0.15) is 0 Å². The summed E-state index contributed by atoms with van der Waals surface area (Å²) in [7, 11) is 0. The number of nitrogens with one attached hydrogen (secondary N) is 2. The maximum absolute atomic E-state index is 10.3. The molecule has 0 saturated heterocycles. The average Bonchev–Trinajstić information content (AvgIpc) is 3.60. The van der Waals surface area contributed by atoms with Gasteiger partial charge in [-0.15, -0.1) is 0 Å². The molecule has 34 heavy (non-hydrogen) atoms. The van der Waals surface area contributed by atoms with E-state index in [2.05, 4.69) is 64.0 Å². The van der Waals surface area contributed by atoms with Crippen LogP contribution in [0.1, 0.15) is 33.1 Å². The first-order valence-corrected chi connectivity index (χ1v) is 11.6. The summed E-state index contributed by atoms with van der Waals surface area (Å²) < 4.78 is 1.05. The fraction of sp³-hybridized carbons (Fsp3) is 0. The molecule has 0 radical (unpaired) electrons. The topological polar surface area (TPSA) is 94.7 Å². The van der Waals surface area contributed by atoms with Gasteiger partial charge in [-0.3, -0.25) is 0 Å².